The van der Waals surface area contributed by atoms with E-state index in [0.717, 1.165) is 49.7 Å². The minimum Gasteiger partial charge on any atom is -0.379 e. The Morgan fingerprint density at radius 1 is 1.18 bits per heavy atom. The molecule has 2 aromatic rings. The molecular weight excluding hydrogens is 274 g/mol. The van der Waals surface area contributed by atoms with Crippen molar-refractivity contribution < 1.29 is 4.74 Å². The molecule has 0 spiro atoms. The van der Waals surface area contributed by atoms with Gasteiger partial charge in [-0.25, -0.2) is 4.98 Å². The number of pyridine rings is 1. The van der Waals surface area contributed by atoms with Gasteiger partial charge in [0.2, 0.25) is 0 Å². The van der Waals surface area contributed by atoms with Crippen LogP contribution in [0.15, 0.2) is 47.6 Å². The Labute approximate surface area is 130 Å². The maximum atomic E-state index is 5.52. The Bertz CT molecular complexity index is 705. The zero-order chi connectivity index (χ0) is 14.8. The van der Waals surface area contributed by atoms with E-state index in [9.17, 15) is 0 Å². The molecule has 3 heterocycles. The van der Waals surface area contributed by atoms with E-state index in [0.29, 0.717) is 6.04 Å². The number of nitrogens with one attached hydrogen (secondary N) is 1. The number of ether oxygens (including phenoxy) is 1. The van der Waals surface area contributed by atoms with E-state index in [4.69, 9.17) is 9.73 Å². The molecule has 1 atom stereocenters. The van der Waals surface area contributed by atoms with Crippen LogP contribution in [0.3, 0.4) is 0 Å². The van der Waals surface area contributed by atoms with Crippen LogP contribution in [-0.2, 0) is 11.3 Å². The van der Waals surface area contributed by atoms with Crippen molar-refractivity contribution in [2.45, 2.75) is 25.4 Å². The lowest BCUT2D eigenvalue weighted by Gasteiger charge is -2.23. The SMILES string of the molecule is c1ccc2c(c1)CN=C2c1ccnc(NC2CCCOC2)c1. The molecule has 1 aromatic carbocycles. The highest BCUT2D eigenvalue weighted by Gasteiger charge is 2.18. The summed E-state index contributed by atoms with van der Waals surface area (Å²) in [5.74, 6) is 0.903. The molecule has 4 rings (SSSR count). The third-order valence-electron chi connectivity index (χ3n) is 4.23. The Morgan fingerprint density at radius 2 is 2.14 bits per heavy atom. The van der Waals surface area contributed by atoms with E-state index >= 15 is 0 Å². The maximum Gasteiger partial charge on any atom is 0.126 e. The van der Waals surface area contributed by atoms with Gasteiger partial charge < -0.3 is 10.1 Å². The summed E-state index contributed by atoms with van der Waals surface area (Å²) in [6, 6.07) is 12.9. The molecule has 0 radical (unpaired) electrons. The number of fused-ring (bicyclic) bond motifs is 1. The molecule has 1 saturated heterocycles. The predicted molar refractivity (Wildman–Crippen MR) is 87.5 cm³/mol. The van der Waals surface area contributed by atoms with Gasteiger partial charge in [-0.2, -0.15) is 0 Å². The largest absolute Gasteiger partial charge is 0.379 e. The minimum absolute atomic E-state index is 0.356. The average molecular weight is 293 g/mol. The van der Waals surface area contributed by atoms with Crippen LogP contribution in [0.25, 0.3) is 0 Å². The number of aromatic nitrogens is 1. The summed E-state index contributed by atoms with van der Waals surface area (Å²) >= 11 is 0. The van der Waals surface area contributed by atoms with E-state index in [-0.39, 0.29) is 0 Å². The van der Waals surface area contributed by atoms with E-state index in [2.05, 4.69) is 40.6 Å². The second-order valence-corrected chi connectivity index (χ2v) is 5.81. The van der Waals surface area contributed by atoms with Crippen molar-refractivity contribution in [3.05, 3.63) is 59.3 Å². The summed E-state index contributed by atoms with van der Waals surface area (Å²) in [6.45, 7) is 2.40. The van der Waals surface area contributed by atoms with E-state index in [1.807, 2.05) is 12.3 Å². The van der Waals surface area contributed by atoms with Gasteiger partial charge >= 0.3 is 0 Å². The lowest BCUT2D eigenvalue weighted by molar-refractivity contribution is 0.0875. The molecule has 1 fully saturated rings. The first-order chi connectivity index (χ1) is 10.9. The zero-order valence-electron chi connectivity index (χ0n) is 12.5. The average Bonchev–Trinajstić information content (AvgIpc) is 3.00. The Morgan fingerprint density at radius 3 is 3.05 bits per heavy atom. The van der Waals surface area contributed by atoms with Gasteiger partial charge in [0.1, 0.15) is 5.82 Å². The van der Waals surface area contributed by atoms with Crippen LogP contribution in [0.5, 0.6) is 0 Å². The second-order valence-electron chi connectivity index (χ2n) is 5.81. The molecular formula is C18H19N3O. The Kier molecular flexibility index (Phi) is 3.60. The minimum atomic E-state index is 0.356. The van der Waals surface area contributed by atoms with E-state index in [1.54, 1.807) is 0 Å². The van der Waals surface area contributed by atoms with Gasteiger partial charge in [-0.3, -0.25) is 4.99 Å². The van der Waals surface area contributed by atoms with Crippen molar-refractivity contribution in [1.82, 2.24) is 4.98 Å². The van der Waals surface area contributed by atoms with Gasteiger partial charge in [0.05, 0.1) is 24.9 Å². The van der Waals surface area contributed by atoms with Crippen molar-refractivity contribution in [2.75, 3.05) is 18.5 Å². The summed E-state index contributed by atoms with van der Waals surface area (Å²) in [5.41, 5.74) is 4.73. The quantitative estimate of drug-likeness (QED) is 0.946. The molecule has 112 valence electrons. The lowest BCUT2D eigenvalue weighted by Crippen LogP contribution is -2.30. The van der Waals surface area contributed by atoms with E-state index in [1.165, 1.54) is 11.1 Å². The van der Waals surface area contributed by atoms with Gasteiger partial charge in [0, 0.05) is 23.9 Å². The maximum absolute atomic E-state index is 5.52. The summed E-state index contributed by atoms with van der Waals surface area (Å²) in [7, 11) is 0. The van der Waals surface area contributed by atoms with Crippen LogP contribution in [0.4, 0.5) is 5.82 Å². The van der Waals surface area contributed by atoms with Crippen LogP contribution in [-0.4, -0.2) is 30.0 Å². The normalized spacial score (nSPS) is 20.4. The summed E-state index contributed by atoms with van der Waals surface area (Å²) in [4.78, 5) is 9.14. The highest BCUT2D eigenvalue weighted by Crippen LogP contribution is 2.24. The van der Waals surface area contributed by atoms with Crippen LogP contribution in [0, 0.1) is 0 Å². The molecule has 1 N–H and O–H groups in total. The van der Waals surface area contributed by atoms with Crippen molar-refractivity contribution in [3.8, 4) is 0 Å². The van der Waals surface area contributed by atoms with Crippen LogP contribution >= 0.6 is 0 Å². The van der Waals surface area contributed by atoms with Crippen LogP contribution < -0.4 is 5.32 Å². The fourth-order valence-electron chi connectivity index (χ4n) is 3.11. The Balaban J connectivity index is 1.57. The van der Waals surface area contributed by atoms with Gasteiger partial charge in [0.15, 0.2) is 0 Å². The van der Waals surface area contributed by atoms with Crippen molar-refractivity contribution in [3.63, 3.8) is 0 Å². The number of benzene rings is 1. The van der Waals surface area contributed by atoms with Crippen molar-refractivity contribution in [1.29, 1.82) is 0 Å². The number of anilines is 1. The van der Waals surface area contributed by atoms with Crippen LogP contribution in [0.1, 0.15) is 29.5 Å². The lowest BCUT2D eigenvalue weighted by atomic mass is 10.0. The zero-order valence-corrected chi connectivity index (χ0v) is 12.5. The molecule has 22 heavy (non-hydrogen) atoms. The fraction of sp³-hybridized carbons (Fsp3) is 0.333. The molecule has 4 nitrogen and oxygen atoms in total. The monoisotopic (exact) mass is 293 g/mol. The molecule has 1 unspecified atom stereocenters. The first-order valence-electron chi connectivity index (χ1n) is 7.83. The number of hydrogen-bond acceptors (Lipinski definition) is 4. The van der Waals surface area contributed by atoms with Gasteiger partial charge in [-0.05, 0) is 30.5 Å². The topological polar surface area (TPSA) is 46.5 Å². The fourth-order valence-corrected chi connectivity index (χ4v) is 3.11. The molecule has 0 saturated carbocycles. The molecule has 2 aliphatic rings. The summed E-state index contributed by atoms with van der Waals surface area (Å²) in [5, 5.41) is 3.48. The highest BCUT2D eigenvalue weighted by atomic mass is 16.5. The smallest absolute Gasteiger partial charge is 0.126 e. The predicted octanol–water partition coefficient (Wildman–Crippen LogP) is 3.02. The van der Waals surface area contributed by atoms with Crippen molar-refractivity contribution >= 4 is 11.5 Å². The third kappa shape index (κ3) is 2.62. The molecule has 0 amide bonds. The first-order valence-corrected chi connectivity index (χ1v) is 7.83. The standard InChI is InChI=1S/C18H19N3O/c1-2-6-16-14(4-1)11-20-18(16)13-7-8-19-17(10-13)21-15-5-3-9-22-12-15/h1-2,4,6-8,10,15H,3,5,9,11-12H2,(H,19,21). The highest BCUT2D eigenvalue weighted by molar-refractivity contribution is 6.15. The third-order valence-corrected chi connectivity index (χ3v) is 4.23. The number of nitrogens with zero attached hydrogens (tertiary/aromatic N) is 2. The Hall–Kier alpha value is -2.20. The molecule has 0 aliphatic carbocycles. The number of rotatable bonds is 3. The first kappa shape index (κ1) is 13.5. The van der Waals surface area contributed by atoms with Gasteiger partial charge in [0.25, 0.3) is 0 Å². The molecule has 4 heteroatoms. The van der Waals surface area contributed by atoms with Crippen LogP contribution in [0.2, 0.25) is 0 Å². The molecule has 0 bridgehead atoms. The second kappa shape index (κ2) is 5.89. The summed E-state index contributed by atoms with van der Waals surface area (Å²) in [6.07, 6.45) is 4.10. The number of hydrogen-bond donors (Lipinski definition) is 1. The van der Waals surface area contributed by atoms with Crippen molar-refractivity contribution in [2.24, 2.45) is 4.99 Å². The molecule has 1 aromatic heterocycles. The van der Waals surface area contributed by atoms with E-state index < -0.39 is 0 Å². The summed E-state index contributed by atoms with van der Waals surface area (Å²) < 4.78 is 5.52. The number of aliphatic imine (C=N–C) groups is 1. The van der Waals surface area contributed by atoms with Gasteiger partial charge in [-0.15, -0.1) is 0 Å². The van der Waals surface area contributed by atoms with Gasteiger partial charge in [-0.1, -0.05) is 24.3 Å². The molecule has 2 aliphatic heterocycles.